The van der Waals surface area contributed by atoms with Gasteiger partial charge in [0.05, 0.1) is 22.0 Å². The number of aromatic nitrogens is 4. The third-order valence-electron chi connectivity index (χ3n) is 6.44. The van der Waals surface area contributed by atoms with Crippen LogP contribution in [0.3, 0.4) is 0 Å². The SMILES string of the molecule is Cc1nn(-c2ccccc2)c2c1-c1sc(C(=O)N3CCN(c4ncccn4)CC3)cc1CC2. The number of carbonyl (C=O) groups excluding carboxylic acids is 1. The van der Waals surface area contributed by atoms with Crippen LogP contribution in [0.2, 0.25) is 0 Å². The van der Waals surface area contributed by atoms with E-state index in [0.717, 1.165) is 48.1 Å². The highest BCUT2D eigenvalue weighted by atomic mass is 32.1. The Morgan fingerprint density at radius 3 is 2.48 bits per heavy atom. The molecular weight excluding hydrogens is 432 g/mol. The number of piperazine rings is 1. The first-order valence-electron chi connectivity index (χ1n) is 11.3. The molecule has 1 aliphatic heterocycles. The summed E-state index contributed by atoms with van der Waals surface area (Å²) in [4.78, 5) is 28.1. The van der Waals surface area contributed by atoms with Crippen LogP contribution in [0.15, 0.2) is 54.9 Å². The molecule has 8 heteroatoms. The highest BCUT2D eigenvalue weighted by molar-refractivity contribution is 7.17. The number of anilines is 1. The Morgan fingerprint density at radius 2 is 1.73 bits per heavy atom. The molecule has 1 amide bonds. The molecule has 1 fully saturated rings. The average Bonchev–Trinajstić information content (AvgIpc) is 3.46. The van der Waals surface area contributed by atoms with Crippen molar-refractivity contribution in [2.75, 3.05) is 31.1 Å². The lowest BCUT2D eigenvalue weighted by Gasteiger charge is -2.34. The second kappa shape index (κ2) is 8.12. The second-order valence-electron chi connectivity index (χ2n) is 8.45. The lowest BCUT2D eigenvalue weighted by Crippen LogP contribution is -2.49. The van der Waals surface area contributed by atoms with E-state index in [1.807, 2.05) is 29.2 Å². The van der Waals surface area contributed by atoms with Gasteiger partial charge in [-0.05, 0) is 49.6 Å². The predicted octanol–water partition coefficient (Wildman–Crippen LogP) is 3.76. The van der Waals surface area contributed by atoms with Crippen molar-refractivity contribution in [1.82, 2.24) is 24.6 Å². The standard InChI is InChI=1S/C25H24N6OS/c1-17-22-20(31(28-17)19-6-3-2-4-7-19)9-8-18-16-21(33-23(18)22)24(32)29-12-14-30(15-13-29)25-26-10-5-11-27-25/h2-7,10-11,16H,8-9,12-15H2,1H3. The van der Waals surface area contributed by atoms with Crippen molar-refractivity contribution in [1.29, 1.82) is 0 Å². The Balaban J connectivity index is 1.25. The number of nitrogens with zero attached hydrogens (tertiary/aromatic N) is 6. The molecule has 0 unspecified atom stereocenters. The van der Waals surface area contributed by atoms with Gasteiger partial charge in [-0.15, -0.1) is 11.3 Å². The number of rotatable bonds is 3. The van der Waals surface area contributed by atoms with Crippen molar-refractivity contribution in [2.24, 2.45) is 0 Å². The van der Waals surface area contributed by atoms with Gasteiger partial charge < -0.3 is 9.80 Å². The van der Waals surface area contributed by atoms with E-state index in [1.54, 1.807) is 23.7 Å². The zero-order valence-electron chi connectivity index (χ0n) is 18.4. The monoisotopic (exact) mass is 456 g/mol. The van der Waals surface area contributed by atoms with Crippen LogP contribution in [0.5, 0.6) is 0 Å². The highest BCUT2D eigenvalue weighted by Crippen LogP contribution is 2.42. The third kappa shape index (κ3) is 3.51. The Hall–Kier alpha value is -3.52. The lowest BCUT2D eigenvalue weighted by atomic mass is 9.95. The fourth-order valence-corrected chi connectivity index (χ4v) is 6.09. The molecule has 0 radical (unpaired) electrons. The molecule has 4 heterocycles. The van der Waals surface area contributed by atoms with Gasteiger partial charge in [-0.1, -0.05) is 18.2 Å². The number of thiophene rings is 1. The summed E-state index contributed by atoms with van der Waals surface area (Å²) < 4.78 is 2.07. The molecule has 6 rings (SSSR count). The van der Waals surface area contributed by atoms with E-state index in [9.17, 15) is 4.79 Å². The molecule has 0 saturated carbocycles. The third-order valence-corrected chi connectivity index (χ3v) is 7.62. The topological polar surface area (TPSA) is 67.2 Å². The van der Waals surface area contributed by atoms with Crippen molar-refractivity contribution in [3.63, 3.8) is 0 Å². The lowest BCUT2D eigenvalue weighted by molar-refractivity contribution is 0.0751. The molecule has 0 atom stereocenters. The van der Waals surface area contributed by atoms with Gasteiger partial charge >= 0.3 is 0 Å². The quantitative estimate of drug-likeness (QED) is 0.470. The maximum Gasteiger partial charge on any atom is 0.264 e. The van der Waals surface area contributed by atoms with Crippen molar-refractivity contribution in [3.8, 4) is 16.1 Å². The summed E-state index contributed by atoms with van der Waals surface area (Å²) in [6, 6.07) is 14.2. The summed E-state index contributed by atoms with van der Waals surface area (Å²) in [5, 5.41) is 4.85. The van der Waals surface area contributed by atoms with Gasteiger partial charge in [-0.3, -0.25) is 4.79 Å². The van der Waals surface area contributed by atoms with Gasteiger partial charge in [0.15, 0.2) is 0 Å². The van der Waals surface area contributed by atoms with Crippen LogP contribution in [0.25, 0.3) is 16.1 Å². The van der Waals surface area contributed by atoms with Crippen molar-refractivity contribution in [2.45, 2.75) is 19.8 Å². The number of amides is 1. The fourth-order valence-electron chi connectivity index (χ4n) is 4.79. The van der Waals surface area contributed by atoms with E-state index in [-0.39, 0.29) is 5.91 Å². The Kier molecular flexibility index (Phi) is 4.95. The minimum absolute atomic E-state index is 0.123. The van der Waals surface area contributed by atoms with Crippen LogP contribution in [0.4, 0.5) is 5.95 Å². The van der Waals surface area contributed by atoms with Crippen LogP contribution >= 0.6 is 11.3 Å². The molecule has 7 nitrogen and oxygen atoms in total. The Bertz CT molecular complexity index is 1310. The first-order valence-corrected chi connectivity index (χ1v) is 12.1. The van der Waals surface area contributed by atoms with Crippen molar-refractivity contribution >= 4 is 23.2 Å². The van der Waals surface area contributed by atoms with Gasteiger partial charge in [-0.25, -0.2) is 14.6 Å². The summed E-state index contributed by atoms with van der Waals surface area (Å²) in [6.07, 6.45) is 5.37. The number of hydrogen-bond acceptors (Lipinski definition) is 6. The average molecular weight is 457 g/mol. The van der Waals surface area contributed by atoms with Gasteiger partial charge in [-0.2, -0.15) is 5.10 Å². The zero-order chi connectivity index (χ0) is 22.4. The minimum atomic E-state index is 0.123. The van der Waals surface area contributed by atoms with Gasteiger partial charge in [0.1, 0.15) is 0 Å². The summed E-state index contributed by atoms with van der Waals surface area (Å²) >= 11 is 1.62. The van der Waals surface area contributed by atoms with Crippen molar-refractivity contribution in [3.05, 3.63) is 76.7 Å². The molecule has 0 N–H and O–H groups in total. The smallest absolute Gasteiger partial charge is 0.264 e. The minimum Gasteiger partial charge on any atom is -0.337 e. The number of benzene rings is 1. The largest absolute Gasteiger partial charge is 0.337 e. The van der Waals surface area contributed by atoms with E-state index in [0.29, 0.717) is 13.1 Å². The number of para-hydroxylation sites is 1. The molecule has 166 valence electrons. The van der Waals surface area contributed by atoms with Gasteiger partial charge in [0.25, 0.3) is 5.91 Å². The van der Waals surface area contributed by atoms with E-state index < -0.39 is 0 Å². The number of hydrogen-bond donors (Lipinski definition) is 0. The van der Waals surface area contributed by atoms with E-state index >= 15 is 0 Å². The summed E-state index contributed by atoms with van der Waals surface area (Å²) in [6.45, 7) is 4.91. The van der Waals surface area contributed by atoms with Crippen LogP contribution in [0, 0.1) is 6.92 Å². The van der Waals surface area contributed by atoms with E-state index in [2.05, 4.69) is 44.7 Å². The molecule has 1 aliphatic carbocycles. The number of aryl methyl sites for hydroxylation is 2. The molecule has 0 bridgehead atoms. The fraction of sp³-hybridized carbons (Fsp3) is 0.280. The second-order valence-corrected chi connectivity index (χ2v) is 9.50. The van der Waals surface area contributed by atoms with E-state index in [1.165, 1.54) is 21.7 Å². The highest BCUT2D eigenvalue weighted by Gasteiger charge is 2.30. The van der Waals surface area contributed by atoms with Gasteiger partial charge in [0.2, 0.25) is 5.95 Å². The molecule has 4 aromatic rings. The Labute approximate surface area is 196 Å². The van der Waals surface area contributed by atoms with Crippen LogP contribution in [0.1, 0.15) is 26.6 Å². The number of fused-ring (bicyclic) bond motifs is 3. The van der Waals surface area contributed by atoms with Crippen LogP contribution in [-0.2, 0) is 12.8 Å². The molecular formula is C25H24N6OS. The number of carbonyl (C=O) groups is 1. The first-order chi connectivity index (χ1) is 16.2. The van der Waals surface area contributed by atoms with Crippen LogP contribution in [-0.4, -0.2) is 56.7 Å². The Morgan fingerprint density at radius 1 is 0.970 bits per heavy atom. The molecule has 3 aromatic heterocycles. The van der Waals surface area contributed by atoms with Crippen LogP contribution < -0.4 is 4.90 Å². The van der Waals surface area contributed by atoms with Gasteiger partial charge in [0, 0.05) is 49.0 Å². The molecule has 33 heavy (non-hydrogen) atoms. The summed E-state index contributed by atoms with van der Waals surface area (Å²) in [5.74, 6) is 0.854. The molecule has 1 aromatic carbocycles. The molecule has 2 aliphatic rings. The first kappa shape index (κ1) is 20.1. The van der Waals surface area contributed by atoms with E-state index in [4.69, 9.17) is 5.10 Å². The predicted molar refractivity (Wildman–Crippen MR) is 129 cm³/mol. The zero-order valence-corrected chi connectivity index (χ0v) is 19.3. The normalized spacial score (nSPS) is 15.3. The summed E-state index contributed by atoms with van der Waals surface area (Å²) in [7, 11) is 0. The summed E-state index contributed by atoms with van der Waals surface area (Å²) in [5.41, 5.74) is 5.81. The maximum absolute atomic E-state index is 13.4. The molecule has 1 saturated heterocycles. The molecule has 0 spiro atoms. The van der Waals surface area contributed by atoms with Crippen molar-refractivity contribution < 1.29 is 4.79 Å². The maximum atomic E-state index is 13.4.